The maximum absolute atomic E-state index is 11.2. The van der Waals surface area contributed by atoms with Gasteiger partial charge in [-0.2, -0.15) is 0 Å². The van der Waals surface area contributed by atoms with Gasteiger partial charge >= 0.3 is 5.97 Å². The summed E-state index contributed by atoms with van der Waals surface area (Å²) in [6.45, 7) is 2.25. The Labute approximate surface area is 85.2 Å². The number of Topliss-reactive ketones (excluding diaryl/α,β-unsaturated/α-hetero) is 1. The highest BCUT2D eigenvalue weighted by atomic mass is 16.5. The predicted octanol–water partition coefficient (Wildman–Crippen LogP) is 0.706. The van der Waals surface area contributed by atoms with Crippen LogP contribution in [0.3, 0.4) is 0 Å². The number of rotatable bonds is 6. The van der Waals surface area contributed by atoms with E-state index in [-0.39, 0.29) is 17.7 Å². The van der Waals surface area contributed by atoms with Gasteiger partial charge in [-0.05, 0) is 27.4 Å². The molecule has 14 heavy (non-hydrogen) atoms. The Morgan fingerprint density at radius 3 is 2.29 bits per heavy atom. The molecular formula is C10H19NO3. The molecule has 0 radical (unpaired) electrons. The van der Waals surface area contributed by atoms with Gasteiger partial charge < -0.3 is 9.64 Å². The summed E-state index contributed by atoms with van der Waals surface area (Å²) in [5.74, 6) is -0.193. The van der Waals surface area contributed by atoms with Crippen LogP contribution in [0.1, 0.15) is 19.8 Å². The fourth-order valence-electron chi connectivity index (χ4n) is 1.26. The van der Waals surface area contributed by atoms with E-state index in [0.717, 1.165) is 0 Å². The highest BCUT2D eigenvalue weighted by molar-refractivity contribution is 5.79. The van der Waals surface area contributed by atoms with Gasteiger partial charge in [0.15, 0.2) is 0 Å². The molecule has 0 fully saturated rings. The minimum Gasteiger partial charge on any atom is -0.469 e. The number of carbonyl (C=O) groups excluding carboxylic acids is 2. The zero-order chi connectivity index (χ0) is 11.1. The number of nitrogens with zero attached hydrogens (tertiary/aromatic N) is 1. The van der Waals surface area contributed by atoms with Crippen LogP contribution >= 0.6 is 0 Å². The quantitative estimate of drug-likeness (QED) is 0.594. The van der Waals surface area contributed by atoms with E-state index < -0.39 is 0 Å². The molecule has 0 bridgehead atoms. The largest absolute Gasteiger partial charge is 0.469 e. The van der Waals surface area contributed by atoms with Gasteiger partial charge in [-0.25, -0.2) is 0 Å². The lowest BCUT2D eigenvalue weighted by atomic mass is 9.99. The Morgan fingerprint density at radius 1 is 1.36 bits per heavy atom. The van der Waals surface area contributed by atoms with Crippen LogP contribution in [0, 0.1) is 5.92 Å². The smallest absolute Gasteiger partial charge is 0.305 e. The number of hydrogen-bond acceptors (Lipinski definition) is 4. The lowest BCUT2D eigenvalue weighted by molar-refractivity contribution is -0.141. The third-order valence-corrected chi connectivity index (χ3v) is 2.09. The zero-order valence-electron chi connectivity index (χ0n) is 9.37. The first-order valence-electron chi connectivity index (χ1n) is 4.69. The van der Waals surface area contributed by atoms with Crippen molar-refractivity contribution in [2.45, 2.75) is 19.8 Å². The van der Waals surface area contributed by atoms with Gasteiger partial charge in [0, 0.05) is 18.9 Å². The summed E-state index contributed by atoms with van der Waals surface area (Å²) in [6.07, 6.45) is 0.884. The van der Waals surface area contributed by atoms with Crippen LogP contribution in [-0.4, -0.2) is 44.4 Å². The molecule has 0 saturated carbocycles. The van der Waals surface area contributed by atoms with Crippen molar-refractivity contribution >= 4 is 11.8 Å². The topological polar surface area (TPSA) is 46.6 Å². The number of carbonyl (C=O) groups is 2. The lowest BCUT2D eigenvalue weighted by Gasteiger charge is -2.17. The van der Waals surface area contributed by atoms with Gasteiger partial charge in [0.25, 0.3) is 0 Å². The Bertz CT molecular complexity index is 202. The zero-order valence-corrected chi connectivity index (χ0v) is 9.37. The molecule has 0 aromatic heterocycles. The van der Waals surface area contributed by atoms with Crippen molar-refractivity contribution in [1.82, 2.24) is 4.90 Å². The monoisotopic (exact) mass is 201 g/mol. The van der Waals surface area contributed by atoms with Crippen molar-refractivity contribution in [3.8, 4) is 0 Å². The van der Waals surface area contributed by atoms with Gasteiger partial charge in [-0.15, -0.1) is 0 Å². The maximum Gasteiger partial charge on any atom is 0.305 e. The first kappa shape index (κ1) is 13.1. The summed E-state index contributed by atoms with van der Waals surface area (Å²) < 4.78 is 4.52. The van der Waals surface area contributed by atoms with E-state index in [1.54, 1.807) is 6.92 Å². The molecule has 0 aromatic rings. The van der Waals surface area contributed by atoms with Crippen LogP contribution in [0.5, 0.6) is 0 Å². The van der Waals surface area contributed by atoms with Crippen LogP contribution in [0.25, 0.3) is 0 Å². The molecule has 0 aliphatic carbocycles. The first-order valence-corrected chi connectivity index (χ1v) is 4.69. The van der Waals surface area contributed by atoms with E-state index >= 15 is 0 Å². The molecular weight excluding hydrogens is 182 g/mol. The lowest BCUT2D eigenvalue weighted by Crippen LogP contribution is -2.27. The first-order chi connectivity index (χ1) is 6.47. The fraction of sp³-hybridized carbons (Fsp3) is 0.800. The van der Waals surface area contributed by atoms with E-state index in [9.17, 15) is 9.59 Å². The van der Waals surface area contributed by atoms with Crippen molar-refractivity contribution in [3.05, 3.63) is 0 Å². The number of ether oxygens (including phenoxy) is 1. The molecule has 0 amide bonds. The van der Waals surface area contributed by atoms with Gasteiger partial charge in [-0.1, -0.05) is 0 Å². The Kier molecular flexibility index (Phi) is 6.12. The molecule has 0 spiro atoms. The predicted molar refractivity (Wildman–Crippen MR) is 54.0 cm³/mol. The molecule has 4 nitrogen and oxygen atoms in total. The SMILES string of the molecule is COC(=O)CCC(CN(C)C)C(C)=O. The average Bonchev–Trinajstić information content (AvgIpc) is 2.10. The summed E-state index contributed by atoms with van der Waals surface area (Å²) in [5, 5.41) is 0. The summed E-state index contributed by atoms with van der Waals surface area (Å²) in [4.78, 5) is 24.0. The fourth-order valence-corrected chi connectivity index (χ4v) is 1.26. The summed E-state index contributed by atoms with van der Waals surface area (Å²) in [6, 6.07) is 0. The number of methoxy groups -OCH3 is 1. The minimum atomic E-state index is -0.255. The molecule has 1 atom stereocenters. The van der Waals surface area contributed by atoms with Crippen LogP contribution in [-0.2, 0) is 14.3 Å². The molecule has 82 valence electrons. The third-order valence-electron chi connectivity index (χ3n) is 2.09. The van der Waals surface area contributed by atoms with Crippen LogP contribution < -0.4 is 0 Å². The van der Waals surface area contributed by atoms with Crippen molar-refractivity contribution in [3.63, 3.8) is 0 Å². The second-order valence-corrected chi connectivity index (χ2v) is 3.68. The third kappa shape index (κ3) is 5.70. The molecule has 0 N–H and O–H groups in total. The Balaban J connectivity index is 3.97. The van der Waals surface area contributed by atoms with Crippen molar-refractivity contribution < 1.29 is 14.3 Å². The Hall–Kier alpha value is -0.900. The van der Waals surface area contributed by atoms with Crippen molar-refractivity contribution in [1.29, 1.82) is 0 Å². The normalized spacial score (nSPS) is 12.6. The van der Waals surface area contributed by atoms with Crippen molar-refractivity contribution in [2.24, 2.45) is 5.92 Å². The highest BCUT2D eigenvalue weighted by Gasteiger charge is 2.16. The molecule has 0 aliphatic rings. The molecule has 0 rings (SSSR count). The van der Waals surface area contributed by atoms with Crippen LogP contribution in [0.4, 0.5) is 0 Å². The van der Waals surface area contributed by atoms with Gasteiger partial charge in [0.05, 0.1) is 7.11 Å². The number of ketones is 1. The van der Waals surface area contributed by atoms with E-state index in [0.29, 0.717) is 19.4 Å². The maximum atomic E-state index is 11.2. The molecule has 1 unspecified atom stereocenters. The van der Waals surface area contributed by atoms with E-state index in [4.69, 9.17) is 0 Å². The van der Waals surface area contributed by atoms with Gasteiger partial charge in [-0.3, -0.25) is 9.59 Å². The second-order valence-electron chi connectivity index (χ2n) is 3.68. The van der Waals surface area contributed by atoms with Gasteiger partial charge in [0.2, 0.25) is 0 Å². The molecule has 0 aliphatic heterocycles. The average molecular weight is 201 g/mol. The summed E-state index contributed by atoms with van der Waals surface area (Å²) >= 11 is 0. The van der Waals surface area contributed by atoms with E-state index in [2.05, 4.69) is 4.74 Å². The number of esters is 1. The van der Waals surface area contributed by atoms with Crippen molar-refractivity contribution in [2.75, 3.05) is 27.7 Å². The number of hydrogen-bond donors (Lipinski definition) is 0. The van der Waals surface area contributed by atoms with E-state index in [1.165, 1.54) is 7.11 Å². The highest BCUT2D eigenvalue weighted by Crippen LogP contribution is 2.09. The van der Waals surface area contributed by atoms with Gasteiger partial charge in [0.1, 0.15) is 5.78 Å². The Morgan fingerprint density at radius 2 is 1.93 bits per heavy atom. The van der Waals surface area contributed by atoms with Crippen LogP contribution in [0.15, 0.2) is 0 Å². The molecule has 4 heteroatoms. The molecule has 0 saturated heterocycles. The standard InChI is InChI=1S/C10H19NO3/c1-8(12)9(7-11(2)3)5-6-10(13)14-4/h9H,5-7H2,1-4H3. The summed E-state index contributed by atoms with van der Waals surface area (Å²) in [7, 11) is 5.18. The van der Waals surface area contributed by atoms with Crippen LogP contribution in [0.2, 0.25) is 0 Å². The van der Waals surface area contributed by atoms with E-state index in [1.807, 2.05) is 19.0 Å². The minimum absolute atomic E-state index is 0.0656. The molecule has 0 aromatic carbocycles. The summed E-state index contributed by atoms with van der Waals surface area (Å²) in [5.41, 5.74) is 0. The molecule has 0 heterocycles. The second kappa shape index (κ2) is 6.54.